The number of phenols is 1. The summed E-state index contributed by atoms with van der Waals surface area (Å²) in [7, 11) is 4.05. The number of ether oxygens (including phenoxy) is 2. The molecule has 2 saturated carbocycles. The topological polar surface area (TPSA) is 173 Å². The zero-order valence-electron chi connectivity index (χ0n) is 46.4. The van der Waals surface area contributed by atoms with Gasteiger partial charge in [-0.2, -0.15) is 0 Å². The molecule has 0 radical (unpaired) electrons. The second kappa shape index (κ2) is 22.7. The molecule has 14 rings (SSSR count). The Balaban J connectivity index is 1.03. The van der Waals surface area contributed by atoms with Crippen LogP contribution in [-0.4, -0.2) is 79.9 Å². The van der Waals surface area contributed by atoms with E-state index in [-0.39, 0.29) is 59.6 Å². The van der Waals surface area contributed by atoms with Crippen molar-refractivity contribution in [1.82, 2.24) is 26.6 Å². The zero-order chi connectivity index (χ0) is 54.4. The molecule has 4 aromatic carbocycles. The minimum atomic E-state index is -0.971. The van der Waals surface area contributed by atoms with E-state index in [0.29, 0.717) is 73.3 Å². The second-order valence-corrected chi connectivity index (χ2v) is 24.6. The first kappa shape index (κ1) is 53.9. The third-order valence-corrected chi connectivity index (χ3v) is 19.9. The molecule has 5 aliphatic carbocycles. The molecule has 4 fully saturated rings. The Morgan fingerprint density at radius 1 is 0.848 bits per heavy atom. The van der Waals surface area contributed by atoms with Crippen molar-refractivity contribution in [1.29, 1.82) is 0 Å². The second-order valence-electron chi connectivity index (χ2n) is 24.6. The number of phenolic OH excluding ortho intramolecular Hbond substituents is 1. The van der Waals surface area contributed by atoms with E-state index in [4.69, 9.17) is 9.47 Å². The number of hydrogen-bond acceptors (Lipinski definition) is 12. The summed E-state index contributed by atoms with van der Waals surface area (Å²) in [5, 5.41) is 51.2. The van der Waals surface area contributed by atoms with Crippen LogP contribution in [0.1, 0.15) is 117 Å². The third kappa shape index (κ3) is 10.2. The predicted octanol–water partition coefficient (Wildman–Crippen LogP) is 9.47. The van der Waals surface area contributed by atoms with E-state index in [0.717, 1.165) is 116 Å². The molecule has 416 valence electrons. The number of allylic oxidation sites excluding steroid dienone is 5. The molecule has 0 aromatic heterocycles. The van der Waals surface area contributed by atoms with Gasteiger partial charge in [-0.05, 0) is 233 Å². The van der Waals surface area contributed by atoms with Crippen molar-refractivity contribution in [3.63, 3.8) is 0 Å². The van der Waals surface area contributed by atoms with Gasteiger partial charge in [-0.15, -0.1) is 0 Å². The highest BCUT2D eigenvalue weighted by atomic mass is 16.6. The number of hydrogen-bond donors (Lipinski definition) is 8. The van der Waals surface area contributed by atoms with Gasteiger partial charge in [-0.1, -0.05) is 72.8 Å². The molecule has 10 aliphatic rings. The van der Waals surface area contributed by atoms with Crippen LogP contribution in [-0.2, 0) is 45.0 Å². The molecule has 11 atom stereocenters. The van der Waals surface area contributed by atoms with Crippen LogP contribution in [0.4, 0.5) is 0 Å². The molecule has 0 amide bonds. The van der Waals surface area contributed by atoms with Crippen molar-refractivity contribution in [2.24, 2.45) is 46.3 Å². The highest BCUT2D eigenvalue weighted by Crippen LogP contribution is 2.72. The minimum absolute atomic E-state index is 0.00518. The summed E-state index contributed by atoms with van der Waals surface area (Å²) in [6.45, 7) is 5.44. The number of nitrogens with one attached hydrogen (secondary N) is 5. The van der Waals surface area contributed by atoms with Gasteiger partial charge in [0.2, 0.25) is 0 Å². The van der Waals surface area contributed by atoms with Crippen LogP contribution >= 0.6 is 0 Å². The lowest BCUT2D eigenvalue weighted by Crippen LogP contribution is -2.52. The van der Waals surface area contributed by atoms with E-state index in [1.807, 2.05) is 51.4 Å². The Morgan fingerprint density at radius 3 is 2.54 bits per heavy atom. The van der Waals surface area contributed by atoms with E-state index in [9.17, 15) is 15.3 Å². The third-order valence-electron chi connectivity index (χ3n) is 19.9. The van der Waals surface area contributed by atoms with E-state index in [1.165, 1.54) is 16.7 Å². The van der Waals surface area contributed by atoms with Crippen molar-refractivity contribution >= 4 is 17.5 Å². The average molecular weight is 1070 g/mol. The monoisotopic (exact) mass is 1070 g/mol. The summed E-state index contributed by atoms with van der Waals surface area (Å²) in [5.74, 6) is 0.821. The quantitative estimate of drug-likeness (QED) is 0.0633. The average Bonchev–Trinajstić information content (AvgIpc) is 2.48. The van der Waals surface area contributed by atoms with Crippen LogP contribution in [0.5, 0.6) is 5.75 Å². The van der Waals surface area contributed by atoms with E-state index in [1.54, 1.807) is 6.07 Å². The van der Waals surface area contributed by atoms with Gasteiger partial charge in [0, 0.05) is 49.3 Å². The number of rotatable bonds is 12. The molecule has 1 spiro atoms. The minimum Gasteiger partial charge on any atom is -0.508 e. The Labute approximate surface area is 466 Å². The maximum Gasteiger partial charge on any atom is 0.340 e. The van der Waals surface area contributed by atoms with E-state index >= 15 is 9.59 Å². The SMILES string of the molecule is CNCc1cc2cc(c1)C(NCC(C)O)C1CCC(C3CCNC(NC)C3)(CC=C3OC(=O)C4=C3CCC3C5CCC6(C(=CC(CCO)Cc7ccccc7)OC(=O)C6=C5c5cc(O)ccc5-c5cccc(c5)CNCC2)C43)C1. The predicted molar refractivity (Wildman–Crippen MR) is 308 cm³/mol. The number of cyclic esters (lactones) is 1. The number of piperidine rings is 1. The first-order chi connectivity index (χ1) is 38.5. The highest BCUT2D eigenvalue weighted by molar-refractivity contribution is 6.07. The van der Waals surface area contributed by atoms with Gasteiger partial charge in [0.25, 0.3) is 0 Å². The van der Waals surface area contributed by atoms with Crippen LogP contribution in [0.2, 0.25) is 0 Å². The summed E-state index contributed by atoms with van der Waals surface area (Å²) in [6, 6.07) is 31.6. The number of aliphatic hydroxyl groups excluding tert-OH is 2. The Bertz CT molecular complexity index is 3090. The lowest BCUT2D eigenvalue weighted by molar-refractivity contribution is -0.135. The molecule has 5 heterocycles. The van der Waals surface area contributed by atoms with Gasteiger partial charge in [0.15, 0.2) is 0 Å². The Kier molecular flexibility index (Phi) is 15.5. The van der Waals surface area contributed by atoms with Crippen molar-refractivity contribution in [3.8, 4) is 16.9 Å². The normalized spacial score (nSPS) is 30.6. The summed E-state index contributed by atoms with van der Waals surface area (Å²) < 4.78 is 13.4. The van der Waals surface area contributed by atoms with E-state index < -0.39 is 17.5 Å². The van der Waals surface area contributed by atoms with Gasteiger partial charge in [0.05, 0.1) is 23.3 Å². The molecule has 14 bridgehead atoms. The number of benzene rings is 4. The number of aromatic hydroxyl groups is 1. The number of esters is 2. The van der Waals surface area contributed by atoms with Crippen LogP contribution in [0, 0.1) is 46.3 Å². The number of carbonyl (C=O) groups is 2. The van der Waals surface area contributed by atoms with Gasteiger partial charge >= 0.3 is 11.9 Å². The Morgan fingerprint density at radius 2 is 1.72 bits per heavy atom. The molecular weight excluding hydrogens is 987 g/mol. The van der Waals surface area contributed by atoms with Crippen LogP contribution in [0.3, 0.4) is 0 Å². The van der Waals surface area contributed by atoms with Crippen LogP contribution < -0.4 is 26.6 Å². The summed E-state index contributed by atoms with van der Waals surface area (Å²) >= 11 is 0. The number of fused-ring (bicyclic) bond motifs is 5. The highest BCUT2D eigenvalue weighted by Gasteiger charge is 2.68. The Hall–Kier alpha value is -5.70. The summed E-state index contributed by atoms with van der Waals surface area (Å²) in [4.78, 5) is 30.5. The fraction of sp³-hybridized carbons (Fsp3) is 0.493. The molecule has 11 unspecified atom stereocenters. The standard InChI is InChI=1S/C67H81N5O7/c1-40(74)37-72-63-47-16-22-66(36-47,49-20-26-71-58(34-49)69-3)23-18-56-54-15-14-53-52-17-24-67(61(53)60(54)64(76)78-56)57(33-43(21-27-73)28-41-8-5-4-6-9-41)79-65(77)62(67)59(52)55-35-50(75)12-13-51(55)46-11-7-10-44(31-46)39-70-25-19-42-29-45(38-68-2)32-48(63)30-42/h4-13,18,29-33,35,40,43,47,49,52-53,58,61,63,68-75H,14-17,19-28,34,36-39H2,1-3H3. The summed E-state index contributed by atoms with van der Waals surface area (Å²) in [5.41, 5.74) is 11.0. The van der Waals surface area contributed by atoms with Gasteiger partial charge in [-0.3, -0.25) is 0 Å². The summed E-state index contributed by atoms with van der Waals surface area (Å²) in [6.07, 6.45) is 14.9. The number of carbonyl (C=O) groups excluding carboxylic acids is 2. The van der Waals surface area contributed by atoms with Crippen LogP contribution in [0.25, 0.3) is 16.7 Å². The zero-order valence-corrected chi connectivity index (χ0v) is 46.4. The fourth-order valence-corrected chi connectivity index (χ4v) is 16.5. The van der Waals surface area contributed by atoms with Crippen molar-refractivity contribution in [2.75, 3.05) is 40.3 Å². The lowest BCUT2D eigenvalue weighted by Gasteiger charge is -2.56. The molecule has 2 saturated heterocycles. The van der Waals surface area contributed by atoms with E-state index in [2.05, 4.69) is 93.3 Å². The lowest BCUT2D eigenvalue weighted by atomic mass is 9.44. The fourth-order valence-electron chi connectivity index (χ4n) is 16.5. The molecule has 8 N–H and O–H groups in total. The molecular formula is C67H81N5O7. The van der Waals surface area contributed by atoms with Crippen molar-refractivity contribution in [3.05, 3.63) is 165 Å². The van der Waals surface area contributed by atoms with Gasteiger partial charge < -0.3 is 51.4 Å². The van der Waals surface area contributed by atoms with Crippen molar-refractivity contribution < 1.29 is 34.4 Å². The van der Waals surface area contributed by atoms with Gasteiger partial charge in [-0.25, -0.2) is 9.59 Å². The molecule has 12 nitrogen and oxygen atoms in total. The van der Waals surface area contributed by atoms with Crippen LogP contribution in [0.15, 0.2) is 131 Å². The molecule has 4 aromatic rings. The largest absolute Gasteiger partial charge is 0.508 e. The molecule has 79 heavy (non-hydrogen) atoms. The first-order valence-corrected chi connectivity index (χ1v) is 29.7. The maximum atomic E-state index is 15.3. The molecule has 12 heteroatoms. The maximum absolute atomic E-state index is 15.3. The van der Waals surface area contributed by atoms with Crippen molar-refractivity contribution in [2.45, 2.75) is 122 Å². The van der Waals surface area contributed by atoms with Gasteiger partial charge in [0.1, 0.15) is 17.3 Å². The molecule has 5 aliphatic heterocycles. The first-order valence-electron chi connectivity index (χ1n) is 29.7. The number of aliphatic hydroxyl groups is 2. The smallest absolute Gasteiger partial charge is 0.340 e.